The maximum Gasteiger partial charge on any atom is 0.0713 e. The van der Waals surface area contributed by atoms with Crippen LogP contribution in [0.3, 0.4) is 0 Å². The number of aryl methyl sites for hydroxylation is 2. The first-order chi connectivity index (χ1) is 16.2. The predicted molar refractivity (Wildman–Crippen MR) is 139 cm³/mol. The molecule has 5 aromatic rings. The van der Waals surface area contributed by atoms with Gasteiger partial charge in [0.1, 0.15) is 0 Å². The molecule has 0 spiro atoms. The quantitative estimate of drug-likeness (QED) is 0.269. The standard InChI is InChI=1S/C33H26/c1-23-19-24(2)21-26(20-23)25-11-10-14-28(22-25)33(27-12-4-3-5-13-27)31-17-8-6-15-29(31)30-16-7-9-18-32(30)33/h3-22H,1-2H3. The molecule has 0 heteroatoms. The molecular weight excluding hydrogens is 396 g/mol. The van der Waals surface area contributed by atoms with Crippen molar-refractivity contribution < 1.29 is 0 Å². The molecule has 0 nitrogen and oxygen atoms in total. The summed E-state index contributed by atoms with van der Waals surface area (Å²) in [6.45, 7) is 4.35. The van der Waals surface area contributed by atoms with Gasteiger partial charge in [-0.05, 0) is 64.4 Å². The average molecular weight is 423 g/mol. The van der Waals surface area contributed by atoms with E-state index >= 15 is 0 Å². The summed E-state index contributed by atoms with van der Waals surface area (Å²) in [7, 11) is 0. The summed E-state index contributed by atoms with van der Waals surface area (Å²) < 4.78 is 0. The molecule has 5 aromatic carbocycles. The number of rotatable bonds is 3. The zero-order valence-corrected chi connectivity index (χ0v) is 19.0. The fourth-order valence-corrected chi connectivity index (χ4v) is 5.79. The molecule has 0 radical (unpaired) electrons. The molecule has 1 aliphatic carbocycles. The van der Waals surface area contributed by atoms with Gasteiger partial charge < -0.3 is 0 Å². The molecule has 0 saturated carbocycles. The Balaban J connectivity index is 1.70. The summed E-state index contributed by atoms with van der Waals surface area (Å²) >= 11 is 0. The van der Waals surface area contributed by atoms with Crippen LogP contribution < -0.4 is 0 Å². The normalized spacial score (nSPS) is 13.4. The SMILES string of the molecule is Cc1cc(C)cc(-c2cccc(C3(c4ccccc4)c4ccccc4-c4ccccc43)c2)c1. The largest absolute Gasteiger partial charge is 0.0713 e. The zero-order valence-electron chi connectivity index (χ0n) is 19.0. The molecule has 6 rings (SSSR count). The van der Waals surface area contributed by atoms with Gasteiger partial charge in [0.15, 0.2) is 0 Å². The van der Waals surface area contributed by atoms with E-state index in [0.717, 1.165) is 0 Å². The lowest BCUT2D eigenvalue weighted by Crippen LogP contribution is -2.28. The smallest absolute Gasteiger partial charge is 0.0622 e. The fourth-order valence-electron chi connectivity index (χ4n) is 5.79. The minimum Gasteiger partial charge on any atom is -0.0622 e. The molecule has 158 valence electrons. The number of fused-ring (bicyclic) bond motifs is 3. The van der Waals surface area contributed by atoms with Crippen molar-refractivity contribution in [3.05, 3.63) is 155 Å². The highest BCUT2D eigenvalue weighted by Gasteiger charge is 2.45. The van der Waals surface area contributed by atoms with E-state index < -0.39 is 0 Å². The van der Waals surface area contributed by atoms with Crippen molar-refractivity contribution >= 4 is 0 Å². The van der Waals surface area contributed by atoms with E-state index in [4.69, 9.17) is 0 Å². The van der Waals surface area contributed by atoms with E-state index in [1.807, 2.05) is 0 Å². The molecule has 0 atom stereocenters. The third-order valence-electron chi connectivity index (χ3n) is 7.01. The van der Waals surface area contributed by atoms with E-state index in [0.29, 0.717) is 0 Å². The van der Waals surface area contributed by atoms with Crippen molar-refractivity contribution in [3.63, 3.8) is 0 Å². The summed E-state index contributed by atoms with van der Waals surface area (Å²) in [5, 5.41) is 0. The van der Waals surface area contributed by atoms with Crippen LogP contribution in [0.2, 0.25) is 0 Å². The Morgan fingerprint density at radius 1 is 0.424 bits per heavy atom. The lowest BCUT2D eigenvalue weighted by Gasteiger charge is -2.34. The van der Waals surface area contributed by atoms with Gasteiger partial charge in [0.05, 0.1) is 5.41 Å². The molecule has 0 N–H and O–H groups in total. The Morgan fingerprint density at radius 3 is 1.61 bits per heavy atom. The number of hydrogen-bond donors (Lipinski definition) is 0. The number of benzene rings is 5. The third kappa shape index (κ3) is 2.98. The van der Waals surface area contributed by atoms with Gasteiger partial charge in [0.25, 0.3) is 0 Å². The van der Waals surface area contributed by atoms with Crippen LogP contribution in [0.15, 0.2) is 121 Å². The van der Waals surface area contributed by atoms with Gasteiger partial charge in [0, 0.05) is 0 Å². The second kappa shape index (κ2) is 7.60. The van der Waals surface area contributed by atoms with Crippen molar-refractivity contribution in [2.45, 2.75) is 19.3 Å². The second-order valence-electron chi connectivity index (χ2n) is 9.16. The van der Waals surface area contributed by atoms with E-state index in [1.165, 1.54) is 55.6 Å². The topological polar surface area (TPSA) is 0 Å². The molecule has 0 amide bonds. The molecule has 0 fully saturated rings. The first kappa shape index (κ1) is 19.8. The predicted octanol–water partition coefficient (Wildman–Crippen LogP) is 8.33. The molecule has 0 heterocycles. The molecular formula is C33H26. The fraction of sp³-hybridized carbons (Fsp3) is 0.0909. The van der Waals surface area contributed by atoms with Crippen LogP contribution in [-0.4, -0.2) is 0 Å². The highest BCUT2D eigenvalue weighted by Crippen LogP contribution is 2.56. The van der Waals surface area contributed by atoms with Crippen LogP contribution >= 0.6 is 0 Å². The van der Waals surface area contributed by atoms with Crippen molar-refractivity contribution in [1.29, 1.82) is 0 Å². The maximum atomic E-state index is 2.40. The summed E-state index contributed by atoms with van der Waals surface area (Å²) in [6, 6.07) is 44.8. The molecule has 1 aliphatic rings. The van der Waals surface area contributed by atoms with Gasteiger partial charge in [-0.2, -0.15) is 0 Å². The van der Waals surface area contributed by atoms with Gasteiger partial charge >= 0.3 is 0 Å². The first-order valence-electron chi connectivity index (χ1n) is 11.6. The molecule has 0 saturated heterocycles. The summed E-state index contributed by atoms with van der Waals surface area (Å²) in [5.74, 6) is 0. The van der Waals surface area contributed by atoms with Gasteiger partial charge in [-0.1, -0.05) is 126 Å². The molecule has 0 aliphatic heterocycles. The average Bonchev–Trinajstić information content (AvgIpc) is 3.15. The molecule has 33 heavy (non-hydrogen) atoms. The van der Waals surface area contributed by atoms with E-state index in [-0.39, 0.29) is 5.41 Å². The molecule has 0 aromatic heterocycles. The number of hydrogen-bond acceptors (Lipinski definition) is 0. The van der Waals surface area contributed by atoms with Crippen LogP contribution in [0.5, 0.6) is 0 Å². The Morgan fingerprint density at radius 2 is 0.970 bits per heavy atom. The van der Waals surface area contributed by atoms with E-state index in [9.17, 15) is 0 Å². The van der Waals surface area contributed by atoms with Gasteiger partial charge in [-0.3, -0.25) is 0 Å². The Labute approximate surface area is 196 Å². The van der Waals surface area contributed by atoms with E-state index in [2.05, 4.69) is 135 Å². The second-order valence-corrected chi connectivity index (χ2v) is 9.16. The van der Waals surface area contributed by atoms with Crippen LogP contribution in [0, 0.1) is 13.8 Å². The Kier molecular flexibility index (Phi) is 4.55. The summed E-state index contributed by atoms with van der Waals surface area (Å²) in [4.78, 5) is 0. The maximum absolute atomic E-state index is 2.40. The minimum atomic E-state index is -0.344. The summed E-state index contributed by atoms with van der Waals surface area (Å²) in [5.41, 5.74) is 12.8. The zero-order chi connectivity index (χ0) is 22.4. The monoisotopic (exact) mass is 422 g/mol. The molecule has 0 unspecified atom stereocenters. The molecule has 0 bridgehead atoms. The highest BCUT2D eigenvalue weighted by molar-refractivity contribution is 5.86. The highest BCUT2D eigenvalue weighted by atomic mass is 14.5. The Bertz CT molecular complexity index is 1410. The summed E-state index contributed by atoms with van der Waals surface area (Å²) in [6.07, 6.45) is 0. The van der Waals surface area contributed by atoms with Crippen LogP contribution in [0.1, 0.15) is 33.4 Å². The van der Waals surface area contributed by atoms with Crippen LogP contribution in [0.25, 0.3) is 22.3 Å². The van der Waals surface area contributed by atoms with Crippen molar-refractivity contribution in [2.75, 3.05) is 0 Å². The van der Waals surface area contributed by atoms with Gasteiger partial charge in [-0.15, -0.1) is 0 Å². The van der Waals surface area contributed by atoms with Crippen molar-refractivity contribution in [3.8, 4) is 22.3 Å². The van der Waals surface area contributed by atoms with Crippen molar-refractivity contribution in [2.24, 2.45) is 0 Å². The van der Waals surface area contributed by atoms with Gasteiger partial charge in [0.2, 0.25) is 0 Å². The van der Waals surface area contributed by atoms with Crippen LogP contribution in [-0.2, 0) is 5.41 Å². The lowest BCUT2D eigenvalue weighted by molar-refractivity contribution is 0.769. The lowest BCUT2D eigenvalue weighted by atomic mass is 9.67. The van der Waals surface area contributed by atoms with Crippen molar-refractivity contribution in [1.82, 2.24) is 0 Å². The van der Waals surface area contributed by atoms with Crippen LogP contribution in [0.4, 0.5) is 0 Å². The minimum absolute atomic E-state index is 0.344. The van der Waals surface area contributed by atoms with E-state index in [1.54, 1.807) is 0 Å². The Hall–Kier alpha value is -3.90. The van der Waals surface area contributed by atoms with Gasteiger partial charge in [-0.25, -0.2) is 0 Å². The first-order valence-corrected chi connectivity index (χ1v) is 11.6. The third-order valence-corrected chi connectivity index (χ3v) is 7.01.